The van der Waals surface area contributed by atoms with Crippen molar-refractivity contribution in [3.05, 3.63) is 59.7 Å². The molecule has 14 N–H and O–H groups in total. The molecular formula is C49H74N10O18. The van der Waals surface area contributed by atoms with E-state index >= 15 is 0 Å². The second kappa shape index (κ2) is 38.8. The molecule has 1 unspecified atom stereocenters. The summed E-state index contributed by atoms with van der Waals surface area (Å²) in [6.07, 6.45) is 1.42. The third kappa shape index (κ3) is 27.8. The van der Waals surface area contributed by atoms with Gasteiger partial charge in [0.15, 0.2) is 0 Å². The number of nitrogens with zero attached hydrogens (tertiary/aromatic N) is 1. The molecule has 2 aromatic carbocycles. The number of carboxylic acid groups (broad SMARTS) is 1. The van der Waals surface area contributed by atoms with Crippen LogP contribution in [0.4, 0.5) is 5.69 Å². The highest BCUT2D eigenvalue weighted by Crippen LogP contribution is 2.34. The number of amides is 7. The Morgan fingerprint density at radius 1 is 0.597 bits per heavy atom. The Bertz CT molecular complexity index is 2160. The van der Waals surface area contributed by atoms with E-state index in [0.717, 1.165) is 5.56 Å². The number of aliphatic carboxylic acids is 1. The molecule has 77 heavy (non-hydrogen) atoms. The van der Waals surface area contributed by atoms with Crippen molar-refractivity contribution in [3.8, 4) is 5.75 Å². The van der Waals surface area contributed by atoms with Crippen molar-refractivity contribution in [2.24, 2.45) is 16.6 Å². The summed E-state index contributed by atoms with van der Waals surface area (Å²) in [7, 11) is 0. The van der Waals surface area contributed by atoms with Crippen LogP contribution >= 0.6 is 0 Å². The minimum absolute atomic E-state index is 0.0141. The number of hydrogen-bond acceptors (Lipinski definition) is 20. The fourth-order valence-corrected chi connectivity index (χ4v) is 7.06. The molecule has 0 aromatic heterocycles. The molecule has 28 nitrogen and oxygen atoms in total. The van der Waals surface area contributed by atoms with Gasteiger partial charge >= 0.3 is 5.97 Å². The highest BCUT2D eigenvalue weighted by Gasteiger charge is 2.33. The lowest BCUT2D eigenvalue weighted by atomic mass is 9.93. The quantitative estimate of drug-likeness (QED) is 0.0225. The van der Waals surface area contributed by atoms with Crippen LogP contribution in [0.15, 0.2) is 53.5 Å². The van der Waals surface area contributed by atoms with Crippen LogP contribution < -0.4 is 48.8 Å². The number of ether oxygens (including phenoxy) is 6. The fourth-order valence-electron chi connectivity index (χ4n) is 7.06. The van der Waals surface area contributed by atoms with Crippen molar-refractivity contribution in [2.75, 3.05) is 119 Å². The molecule has 28 heteroatoms. The summed E-state index contributed by atoms with van der Waals surface area (Å²) in [6, 6.07) is 6.98. The number of aliphatic imine (C=N–C) groups is 1. The van der Waals surface area contributed by atoms with E-state index in [1.165, 1.54) is 24.3 Å². The smallest absolute Gasteiger partial charge is 0.326 e. The van der Waals surface area contributed by atoms with Gasteiger partial charge in [-0.05, 0) is 48.6 Å². The second-order valence-electron chi connectivity index (χ2n) is 16.9. The summed E-state index contributed by atoms with van der Waals surface area (Å²) in [4.78, 5) is 110. The normalized spacial score (nSPS) is 14.0. The number of phenolic OH excluding ortho intramolecular Hbond substituents is 1. The van der Waals surface area contributed by atoms with Gasteiger partial charge in [0, 0.05) is 38.1 Å². The molecule has 0 fully saturated rings. The number of aliphatic hydroxyl groups is 1. The Kier molecular flexibility index (Phi) is 32.5. The summed E-state index contributed by atoms with van der Waals surface area (Å²) in [6.45, 7) is 2.22. The van der Waals surface area contributed by atoms with Crippen molar-refractivity contribution < 1.29 is 86.9 Å². The zero-order valence-corrected chi connectivity index (χ0v) is 42.9. The third-order valence-corrected chi connectivity index (χ3v) is 11.1. The SMILES string of the molecule is NCC(=O)NCC(=O)N[C@@H](CC1C=Nc2ccccc21)C(=O)N[C@@H](Cc1ccc(O)cc1)C(=O)N[C@@H](CO)C(=O)N[C@@H](CCCNC(=O)CCOCCOCCOCCOCCOCCOCCNC(=O)CON)C(=O)O. The number of aromatic hydroxyl groups is 1. The highest BCUT2D eigenvalue weighted by molar-refractivity contribution is 5.96. The number of nitrogens with one attached hydrogen (secondary N) is 7. The van der Waals surface area contributed by atoms with Crippen LogP contribution in [0.1, 0.15) is 42.7 Å². The first kappa shape index (κ1) is 64.6. The number of carboxylic acids is 1. The molecule has 428 valence electrons. The van der Waals surface area contributed by atoms with E-state index < -0.39 is 78.7 Å². The van der Waals surface area contributed by atoms with E-state index in [1.807, 2.05) is 6.07 Å². The van der Waals surface area contributed by atoms with E-state index in [0.29, 0.717) is 77.3 Å². The predicted molar refractivity (Wildman–Crippen MR) is 273 cm³/mol. The van der Waals surface area contributed by atoms with Gasteiger partial charge in [0.1, 0.15) is 36.5 Å². The Morgan fingerprint density at radius 2 is 1.14 bits per heavy atom. The number of phenols is 1. The molecule has 0 spiro atoms. The van der Waals surface area contributed by atoms with Crippen molar-refractivity contribution in [1.29, 1.82) is 0 Å². The van der Waals surface area contributed by atoms with E-state index in [1.54, 1.807) is 24.4 Å². The zero-order valence-electron chi connectivity index (χ0n) is 42.9. The van der Waals surface area contributed by atoms with E-state index in [-0.39, 0.29) is 89.2 Å². The highest BCUT2D eigenvalue weighted by atomic mass is 16.6. The molecule has 2 aromatic rings. The van der Waals surface area contributed by atoms with Gasteiger partial charge in [-0.1, -0.05) is 30.3 Å². The standard InChI is InChI=1S/C49H74N10O18/c50-28-43(63)55-30-44(64)56-40(27-34-29-54-37-5-2-1-4-36(34)37)47(67)58-39(26-33-7-9-35(61)10-8-33)46(66)59-41(31-60)48(68)57-38(49(69)70)6-3-12-52-42(62)11-14-71-16-18-73-20-22-75-24-25-76-23-21-74-19-17-72-15-13-53-45(65)32-77-51/h1-2,4-5,7-10,29,34,38-41,60-61H,3,6,11-28,30-32,50-51H2,(H,52,62)(H,53,65)(H,55,63)(H,56,64)(H,57,68)(H,58,67)(H,59,66)(H,69,70)/t34?,38-,39-,40-,41-/m0/s1. The number of nitrogens with two attached hydrogens (primary N) is 2. The molecule has 1 aliphatic heterocycles. The molecule has 5 atom stereocenters. The number of aliphatic hydroxyl groups excluding tert-OH is 1. The molecule has 0 saturated heterocycles. The molecule has 3 rings (SSSR count). The van der Waals surface area contributed by atoms with Gasteiger partial charge in [-0.3, -0.25) is 43.4 Å². The molecule has 1 heterocycles. The van der Waals surface area contributed by atoms with E-state index in [9.17, 15) is 53.7 Å². The molecule has 7 amide bonds. The maximum atomic E-state index is 14.1. The summed E-state index contributed by atoms with van der Waals surface area (Å²) >= 11 is 0. The second-order valence-corrected chi connectivity index (χ2v) is 16.9. The molecule has 0 aliphatic carbocycles. The number of fused-ring (bicyclic) bond motifs is 1. The van der Waals surface area contributed by atoms with Gasteiger partial charge in [0.05, 0.1) is 105 Å². The van der Waals surface area contributed by atoms with Crippen LogP contribution in [0.2, 0.25) is 0 Å². The van der Waals surface area contributed by atoms with Crippen molar-refractivity contribution >= 4 is 59.2 Å². The van der Waals surface area contributed by atoms with Crippen LogP contribution in [0, 0.1) is 0 Å². The summed E-state index contributed by atoms with van der Waals surface area (Å²) < 4.78 is 32.5. The van der Waals surface area contributed by atoms with Crippen molar-refractivity contribution in [2.45, 2.75) is 62.2 Å². The van der Waals surface area contributed by atoms with Crippen molar-refractivity contribution in [3.63, 3.8) is 0 Å². The maximum Gasteiger partial charge on any atom is 0.326 e. The topological polar surface area (TPSA) is 410 Å². The number of rotatable bonds is 43. The van der Waals surface area contributed by atoms with Crippen molar-refractivity contribution in [1.82, 2.24) is 37.2 Å². The van der Waals surface area contributed by atoms with Gasteiger partial charge in [0.2, 0.25) is 41.4 Å². The lowest BCUT2D eigenvalue weighted by molar-refractivity contribution is -0.142. The third-order valence-electron chi connectivity index (χ3n) is 11.1. The number of benzene rings is 2. The lowest BCUT2D eigenvalue weighted by Crippen LogP contribution is -2.59. The number of para-hydroxylation sites is 1. The number of carbonyl (C=O) groups excluding carboxylic acids is 7. The Balaban J connectivity index is 1.36. The van der Waals surface area contributed by atoms with E-state index in [2.05, 4.69) is 47.0 Å². The number of carbonyl (C=O) groups is 8. The average Bonchev–Trinajstić information content (AvgIpc) is 3.83. The lowest BCUT2D eigenvalue weighted by Gasteiger charge is -2.26. The molecular weight excluding hydrogens is 1020 g/mol. The fraction of sp³-hybridized carbons (Fsp3) is 0.571. The van der Waals surface area contributed by atoms with Crippen LogP contribution in [0.5, 0.6) is 5.75 Å². The molecule has 0 bridgehead atoms. The Hall–Kier alpha value is -6.73. The van der Waals surface area contributed by atoms with Gasteiger partial charge in [0.25, 0.3) is 0 Å². The van der Waals surface area contributed by atoms with Crippen LogP contribution in [0.3, 0.4) is 0 Å². The average molecular weight is 1090 g/mol. The predicted octanol–water partition coefficient (Wildman–Crippen LogP) is -3.69. The van der Waals surface area contributed by atoms with Crippen LogP contribution in [-0.2, 0) is 78.0 Å². The zero-order chi connectivity index (χ0) is 56.0. The molecule has 0 saturated carbocycles. The maximum absolute atomic E-state index is 14.1. The van der Waals surface area contributed by atoms with Gasteiger partial charge in [-0.15, -0.1) is 0 Å². The Labute approximate surface area is 445 Å². The number of hydrogen-bond donors (Lipinski definition) is 12. The summed E-state index contributed by atoms with van der Waals surface area (Å²) in [5, 5.41) is 47.4. The van der Waals surface area contributed by atoms with Crippen LogP contribution in [0.25, 0.3) is 0 Å². The first-order chi connectivity index (χ1) is 37.2. The van der Waals surface area contributed by atoms with Crippen LogP contribution in [-0.4, -0.2) is 212 Å². The summed E-state index contributed by atoms with van der Waals surface area (Å²) in [5.41, 5.74) is 7.25. The Morgan fingerprint density at radius 3 is 1.74 bits per heavy atom. The monoisotopic (exact) mass is 1090 g/mol. The van der Waals surface area contributed by atoms with Gasteiger partial charge < -0.3 is 86.7 Å². The van der Waals surface area contributed by atoms with Gasteiger partial charge in [-0.25, -0.2) is 10.7 Å². The summed E-state index contributed by atoms with van der Waals surface area (Å²) in [5.74, 6) is -1.97. The minimum atomic E-state index is -1.68. The largest absolute Gasteiger partial charge is 0.508 e. The molecule has 1 aliphatic rings. The molecule has 0 radical (unpaired) electrons. The van der Waals surface area contributed by atoms with E-state index in [4.69, 9.17) is 40.1 Å². The first-order valence-corrected chi connectivity index (χ1v) is 25.0. The van der Waals surface area contributed by atoms with Gasteiger partial charge in [-0.2, -0.15) is 0 Å². The first-order valence-electron chi connectivity index (χ1n) is 25.0. The minimum Gasteiger partial charge on any atom is -0.508 e.